The Balaban J connectivity index is 2.58. The minimum atomic E-state index is -0.290. The van der Waals surface area contributed by atoms with Crippen LogP contribution < -0.4 is 5.32 Å². The molecule has 0 aromatic heterocycles. The van der Waals surface area contributed by atoms with Crippen molar-refractivity contribution in [2.45, 2.75) is 26.3 Å². The quantitative estimate of drug-likeness (QED) is 0.782. The van der Waals surface area contributed by atoms with Gasteiger partial charge in [0.2, 0.25) is 5.91 Å². The fourth-order valence-corrected chi connectivity index (χ4v) is 2.37. The van der Waals surface area contributed by atoms with Crippen molar-refractivity contribution in [2.24, 2.45) is 0 Å². The largest absolute Gasteiger partial charge is 0.396 e. The average molecular weight is 357 g/mol. The third kappa shape index (κ3) is 5.47. The topological polar surface area (TPSA) is 69.6 Å². The number of nitrogens with zero attached hydrogens (tertiary/aromatic N) is 1. The molecule has 2 N–H and O–H groups in total. The standard InChI is InChI=1S/C15H21BrN2O3/c1-11(2)18(8-5-9-19)14(20)10-17-15(21)12-6-3-4-7-13(12)16/h3-4,6-7,11,19H,5,8-10H2,1-2H3,(H,17,21). The molecule has 0 unspecified atom stereocenters. The van der Waals surface area contributed by atoms with Gasteiger partial charge in [-0.3, -0.25) is 9.59 Å². The number of nitrogens with one attached hydrogen (secondary N) is 1. The molecule has 6 heteroatoms. The van der Waals surface area contributed by atoms with Crippen molar-refractivity contribution >= 4 is 27.7 Å². The number of benzene rings is 1. The second-order valence-electron chi connectivity index (χ2n) is 4.92. The molecule has 0 heterocycles. The van der Waals surface area contributed by atoms with Gasteiger partial charge in [0, 0.05) is 23.7 Å². The molecule has 0 radical (unpaired) electrons. The normalized spacial score (nSPS) is 10.5. The fourth-order valence-electron chi connectivity index (χ4n) is 1.91. The number of rotatable bonds is 7. The van der Waals surface area contributed by atoms with Crippen LogP contribution in [0, 0.1) is 0 Å². The number of hydrogen-bond donors (Lipinski definition) is 2. The predicted molar refractivity (Wildman–Crippen MR) is 85.0 cm³/mol. The summed E-state index contributed by atoms with van der Waals surface area (Å²) in [6, 6.07) is 7.09. The lowest BCUT2D eigenvalue weighted by Gasteiger charge is -2.26. The minimum absolute atomic E-state index is 0.0319. The van der Waals surface area contributed by atoms with Gasteiger partial charge >= 0.3 is 0 Å². The summed E-state index contributed by atoms with van der Waals surface area (Å²) in [5.41, 5.74) is 0.497. The van der Waals surface area contributed by atoms with Gasteiger partial charge in [-0.1, -0.05) is 12.1 Å². The molecule has 21 heavy (non-hydrogen) atoms. The van der Waals surface area contributed by atoms with Gasteiger partial charge in [-0.2, -0.15) is 0 Å². The van der Waals surface area contributed by atoms with E-state index in [-0.39, 0.29) is 31.0 Å². The van der Waals surface area contributed by atoms with E-state index in [2.05, 4.69) is 21.2 Å². The summed E-state index contributed by atoms with van der Waals surface area (Å²) in [6.45, 7) is 4.29. The third-order valence-electron chi connectivity index (χ3n) is 3.02. The number of amides is 2. The maximum absolute atomic E-state index is 12.1. The minimum Gasteiger partial charge on any atom is -0.396 e. The molecule has 0 spiro atoms. The SMILES string of the molecule is CC(C)N(CCCO)C(=O)CNC(=O)c1ccccc1Br. The zero-order chi connectivity index (χ0) is 15.8. The van der Waals surface area contributed by atoms with E-state index in [1.165, 1.54) is 0 Å². The Kier molecular flexibility index (Phi) is 7.39. The first kappa shape index (κ1) is 17.7. The van der Waals surface area contributed by atoms with Crippen molar-refractivity contribution in [1.29, 1.82) is 0 Å². The first-order valence-corrected chi connectivity index (χ1v) is 7.69. The van der Waals surface area contributed by atoms with Gasteiger partial charge in [0.1, 0.15) is 0 Å². The van der Waals surface area contributed by atoms with Crippen LogP contribution in [0.1, 0.15) is 30.6 Å². The molecular weight excluding hydrogens is 336 g/mol. The molecule has 116 valence electrons. The maximum Gasteiger partial charge on any atom is 0.252 e. The second-order valence-corrected chi connectivity index (χ2v) is 5.77. The van der Waals surface area contributed by atoms with Crippen LogP contribution >= 0.6 is 15.9 Å². The van der Waals surface area contributed by atoms with Crippen molar-refractivity contribution < 1.29 is 14.7 Å². The fraction of sp³-hybridized carbons (Fsp3) is 0.467. The maximum atomic E-state index is 12.1. The number of aliphatic hydroxyl groups is 1. The van der Waals surface area contributed by atoms with Crippen LogP contribution in [0.2, 0.25) is 0 Å². The van der Waals surface area contributed by atoms with Crippen LogP contribution in [0.3, 0.4) is 0 Å². The lowest BCUT2D eigenvalue weighted by Crippen LogP contribution is -2.44. The number of aliphatic hydroxyl groups excluding tert-OH is 1. The number of carbonyl (C=O) groups is 2. The molecule has 0 aliphatic carbocycles. The molecule has 0 atom stereocenters. The van der Waals surface area contributed by atoms with Gasteiger partial charge in [0.05, 0.1) is 12.1 Å². The van der Waals surface area contributed by atoms with E-state index in [1.807, 2.05) is 19.9 Å². The molecule has 1 rings (SSSR count). The smallest absolute Gasteiger partial charge is 0.252 e. The Morgan fingerprint density at radius 2 is 2.00 bits per heavy atom. The summed E-state index contributed by atoms with van der Waals surface area (Å²) >= 11 is 3.31. The zero-order valence-corrected chi connectivity index (χ0v) is 13.9. The summed E-state index contributed by atoms with van der Waals surface area (Å²) in [4.78, 5) is 25.8. The summed E-state index contributed by atoms with van der Waals surface area (Å²) < 4.78 is 0.691. The summed E-state index contributed by atoms with van der Waals surface area (Å²) in [5.74, 6) is -0.444. The van der Waals surface area contributed by atoms with Crippen LogP contribution in [0.5, 0.6) is 0 Å². The van der Waals surface area contributed by atoms with Gasteiger partial charge in [0.25, 0.3) is 5.91 Å². The monoisotopic (exact) mass is 356 g/mol. The molecule has 0 saturated heterocycles. The molecule has 0 fully saturated rings. The highest BCUT2D eigenvalue weighted by Crippen LogP contribution is 2.15. The third-order valence-corrected chi connectivity index (χ3v) is 3.71. The molecule has 0 bridgehead atoms. The average Bonchev–Trinajstić information content (AvgIpc) is 2.45. The highest BCUT2D eigenvalue weighted by atomic mass is 79.9. The van der Waals surface area contributed by atoms with Crippen LogP contribution in [0.25, 0.3) is 0 Å². The van der Waals surface area contributed by atoms with E-state index in [1.54, 1.807) is 23.1 Å². The van der Waals surface area contributed by atoms with Crippen LogP contribution in [0.4, 0.5) is 0 Å². The van der Waals surface area contributed by atoms with Gasteiger partial charge in [-0.15, -0.1) is 0 Å². The number of halogens is 1. The Bertz CT molecular complexity index is 492. The lowest BCUT2D eigenvalue weighted by atomic mass is 10.2. The van der Waals surface area contributed by atoms with Crippen molar-refractivity contribution in [1.82, 2.24) is 10.2 Å². The van der Waals surface area contributed by atoms with Gasteiger partial charge in [-0.25, -0.2) is 0 Å². The van der Waals surface area contributed by atoms with Crippen molar-refractivity contribution in [2.75, 3.05) is 19.7 Å². The van der Waals surface area contributed by atoms with Gasteiger partial charge < -0.3 is 15.3 Å². The molecule has 0 aliphatic heterocycles. The summed E-state index contributed by atoms with van der Waals surface area (Å²) in [7, 11) is 0. The van der Waals surface area contributed by atoms with E-state index in [4.69, 9.17) is 5.11 Å². The number of carbonyl (C=O) groups excluding carboxylic acids is 2. The number of hydrogen-bond acceptors (Lipinski definition) is 3. The summed E-state index contributed by atoms with van der Waals surface area (Å²) in [5, 5.41) is 11.5. The molecule has 5 nitrogen and oxygen atoms in total. The van der Waals surface area contributed by atoms with Crippen molar-refractivity contribution in [3.63, 3.8) is 0 Å². The molecule has 0 aliphatic rings. The Hall–Kier alpha value is -1.40. The predicted octanol–water partition coefficient (Wildman–Crippen LogP) is 1.80. The first-order chi connectivity index (χ1) is 9.97. The van der Waals surface area contributed by atoms with E-state index in [9.17, 15) is 9.59 Å². The Morgan fingerprint density at radius 3 is 2.57 bits per heavy atom. The first-order valence-electron chi connectivity index (χ1n) is 6.90. The van der Waals surface area contributed by atoms with E-state index >= 15 is 0 Å². The van der Waals surface area contributed by atoms with Gasteiger partial charge in [0.15, 0.2) is 0 Å². The van der Waals surface area contributed by atoms with Crippen molar-refractivity contribution in [3.8, 4) is 0 Å². The lowest BCUT2D eigenvalue weighted by molar-refractivity contribution is -0.131. The highest BCUT2D eigenvalue weighted by molar-refractivity contribution is 9.10. The van der Waals surface area contributed by atoms with E-state index < -0.39 is 0 Å². The molecular formula is C15H21BrN2O3. The second kappa shape index (κ2) is 8.79. The summed E-state index contributed by atoms with van der Waals surface area (Å²) in [6.07, 6.45) is 0.530. The Labute approximate surface area is 133 Å². The van der Waals surface area contributed by atoms with Crippen LogP contribution in [-0.4, -0.2) is 47.6 Å². The zero-order valence-electron chi connectivity index (χ0n) is 12.3. The highest BCUT2D eigenvalue weighted by Gasteiger charge is 2.18. The molecule has 1 aromatic carbocycles. The van der Waals surface area contributed by atoms with Gasteiger partial charge in [-0.05, 0) is 48.3 Å². The van der Waals surface area contributed by atoms with Crippen LogP contribution in [0.15, 0.2) is 28.7 Å². The van der Waals surface area contributed by atoms with E-state index in [0.717, 1.165) is 0 Å². The molecule has 0 saturated carbocycles. The molecule has 1 aromatic rings. The van der Waals surface area contributed by atoms with Crippen LogP contribution in [-0.2, 0) is 4.79 Å². The molecule has 2 amide bonds. The van der Waals surface area contributed by atoms with Crippen molar-refractivity contribution in [3.05, 3.63) is 34.3 Å². The Morgan fingerprint density at radius 1 is 1.33 bits per heavy atom. The van der Waals surface area contributed by atoms with E-state index in [0.29, 0.717) is 23.0 Å².